The number of aromatic nitrogens is 2. The quantitative estimate of drug-likeness (QED) is 0.0428. The van der Waals surface area contributed by atoms with Crippen molar-refractivity contribution in [1.29, 1.82) is 0 Å². The maximum atomic E-state index is 13.7. The van der Waals surface area contributed by atoms with Gasteiger partial charge in [-0.3, -0.25) is 43.3 Å². The third-order valence-electron chi connectivity index (χ3n) is 12.3. The van der Waals surface area contributed by atoms with E-state index in [0.717, 1.165) is 39.0 Å². The van der Waals surface area contributed by atoms with Gasteiger partial charge in [-0.15, -0.1) is 0 Å². The van der Waals surface area contributed by atoms with Crippen LogP contribution in [0.4, 0.5) is 5.69 Å². The number of carbonyl (C=O) groups is 8. The van der Waals surface area contributed by atoms with E-state index in [4.69, 9.17) is 9.72 Å². The molecule has 66 heavy (non-hydrogen) atoms. The Morgan fingerprint density at radius 2 is 1.52 bits per heavy atom. The summed E-state index contributed by atoms with van der Waals surface area (Å²) in [5.74, 6) is -4.36. The molecule has 6 N–H and O–H groups in total. The first-order valence-corrected chi connectivity index (χ1v) is 21.8. The van der Waals surface area contributed by atoms with Crippen LogP contribution in [0, 0.1) is 0 Å². The van der Waals surface area contributed by atoms with Crippen molar-refractivity contribution in [3.05, 3.63) is 104 Å². The van der Waals surface area contributed by atoms with E-state index in [1.54, 1.807) is 53.1 Å². The standard InChI is InChI=1S/C47H48N8O11/c1-47(65)31-20-35-43-29(24-55(35)45(63)30(31)25-66-46(47)64)27-11-8-12-28-32(14-15-33(53-43)42(27)28)51-39(59)23-50-44(62)34(19-26-9-4-2-5-10-26)52-38(58)22-49-37(57)21-48-36(56)13-6-3-7-18-54-40(60)16-17-41(54)61/h2,4-5,9-10,14-17,20,34,65H,3,6-8,11-13,18-19,21-25H2,1H3,(H,48,56)(H,49,57)(H,50,62)(H,51,59)(H,52,58)/t34-,47-/m0/s1. The monoisotopic (exact) mass is 900 g/mol. The first-order chi connectivity index (χ1) is 31.7. The van der Waals surface area contributed by atoms with E-state index in [0.29, 0.717) is 54.7 Å². The van der Waals surface area contributed by atoms with E-state index < -0.39 is 54.3 Å². The fraction of sp³-hybridized carbons (Fsp3) is 0.362. The molecule has 0 bridgehead atoms. The van der Waals surface area contributed by atoms with E-state index in [1.807, 2.05) is 0 Å². The second kappa shape index (κ2) is 18.9. The van der Waals surface area contributed by atoms with Gasteiger partial charge in [0.15, 0.2) is 5.60 Å². The molecule has 3 aliphatic heterocycles. The first kappa shape index (κ1) is 45.0. The molecule has 2 atom stereocenters. The molecule has 0 saturated heterocycles. The number of hydrogen-bond acceptors (Lipinski definition) is 12. The number of fused-ring (bicyclic) bond motifs is 5. The first-order valence-electron chi connectivity index (χ1n) is 21.8. The maximum Gasteiger partial charge on any atom is 0.342 e. The summed E-state index contributed by atoms with van der Waals surface area (Å²) in [6, 6.07) is 13.0. The summed E-state index contributed by atoms with van der Waals surface area (Å²) < 4.78 is 6.71. The smallest absolute Gasteiger partial charge is 0.342 e. The molecule has 7 amide bonds. The Morgan fingerprint density at radius 1 is 0.803 bits per heavy atom. The van der Waals surface area contributed by atoms with Crippen LogP contribution in [0.5, 0.6) is 0 Å². The normalized spacial score (nSPS) is 17.1. The van der Waals surface area contributed by atoms with Crippen LogP contribution >= 0.6 is 0 Å². The van der Waals surface area contributed by atoms with Gasteiger partial charge in [-0.25, -0.2) is 9.78 Å². The lowest BCUT2D eigenvalue weighted by atomic mass is 9.86. The number of imide groups is 1. The van der Waals surface area contributed by atoms with Crippen LogP contribution < -0.4 is 32.1 Å². The molecule has 2 aromatic heterocycles. The minimum Gasteiger partial charge on any atom is -0.458 e. The molecule has 19 heteroatoms. The topological polar surface area (TPSA) is 264 Å². The predicted molar refractivity (Wildman–Crippen MR) is 236 cm³/mol. The molecular weight excluding hydrogens is 853 g/mol. The number of hydrogen-bond donors (Lipinski definition) is 6. The van der Waals surface area contributed by atoms with Gasteiger partial charge in [0.25, 0.3) is 17.4 Å². The zero-order valence-electron chi connectivity index (χ0n) is 36.1. The molecule has 0 unspecified atom stereocenters. The van der Waals surface area contributed by atoms with Gasteiger partial charge in [0.05, 0.1) is 48.6 Å². The Morgan fingerprint density at radius 3 is 2.29 bits per heavy atom. The van der Waals surface area contributed by atoms with Crippen molar-refractivity contribution >= 4 is 63.9 Å². The molecule has 2 aromatic carbocycles. The summed E-state index contributed by atoms with van der Waals surface area (Å²) >= 11 is 0. The predicted octanol–water partition coefficient (Wildman–Crippen LogP) is 0.678. The minimum absolute atomic E-state index is 0.0876. The Hall–Kier alpha value is -7.54. The summed E-state index contributed by atoms with van der Waals surface area (Å²) in [5, 5.41) is 24.9. The van der Waals surface area contributed by atoms with Crippen LogP contribution in [0.1, 0.15) is 72.4 Å². The second-order valence-electron chi connectivity index (χ2n) is 16.8. The fourth-order valence-electron chi connectivity index (χ4n) is 8.87. The highest BCUT2D eigenvalue weighted by molar-refractivity contribution is 6.12. The largest absolute Gasteiger partial charge is 0.458 e. The number of anilines is 1. The number of cyclic esters (lactones) is 1. The van der Waals surface area contributed by atoms with Crippen molar-refractivity contribution in [1.82, 2.24) is 35.7 Å². The summed E-state index contributed by atoms with van der Waals surface area (Å²) in [5.41, 5.74) is 3.83. The van der Waals surface area contributed by atoms with Crippen molar-refractivity contribution < 1.29 is 48.2 Å². The molecular formula is C47H48N8O11. The SMILES string of the molecule is C[C@@]1(O)C(=O)OCc2c1cc1n(c2=O)Cc2c-1nc1ccc(NC(=O)CNC(=O)[C@H](Cc3ccccc3)NC(=O)CNC(=O)CNC(=O)CCCCCN3C(=O)C=CC3=O)c3c1c2CCC3. The highest BCUT2D eigenvalue weighted by Gasteiger charge is 2.43. The molecule has 0 fully saturated rings. The van der Waals surface area contributed by atoms with Gasteiger partial charge in [-0.2, -0.15) is 0 Å². The van der Waals surface area contributed by atoms with Crippen molar-refractivity contribution in [2.45, 2.75) is 83.1 Å². The van der Waals surface area contributed by atoms with Gasteiger partial charge in [-0.1, -0.05) is 36.8 Å². The van der Waals surface area contributed by atoms with Crippen LogP contribution in [0.2, 0.25) is 0 Å². The second-order valence-corrected chi connectivity index (χ2v) is 16.8. The van der Waals surface area contributed by atoms with Gasteiger partial charge >= 0.3 is 5.97 Å². The third kappa shape index (κ3) is 9.33. The fourth-order valence-corrected chi connectivity index (χ4v) is 8.87. The third-order valence-corrected chi connectivity index (χ3v) is 12.3. The number of esters is 1. The number of pyridine rings is 2. The lowest BCUT2D eigenvalue weighted by Crippen LogP contribution is -2.52. The Kier molecular flexibility index (Phi) is 12.9. The number of aryl methyl sites for hydroxylation is 2. The van der Waals surface area contributed by atoms with E-state index in [2.05, 4.69) is 26.6 Å². The number of ether oxygens (including phenoxy) is 1. The van der Waals surface area contributed by atoms with Crippen molar-refractivity contribution in [2.75, 3.05) is 31.5 Å². The lowest BCUT2D eigenvalue weighted by Gasteiger charge is -2.29. The van der Waals surface area contributed by atoms with Crippen molar-refractivity contribution in [3.8, 4) is 11.4 Å². The van der Waals surface area contributed by atoms with Gasteiger partial charge in [0.1, 0.15) is 12.6 Å². The minimum atomic E-state index is -1.99. The summed E-state index contributed by atoms with van der Waals surface area (Å²) in [6.45, 7) is 0.306. The lowest BCUT2D eigenvalue weighted by molar-refractivity contribution is -0.169. The van der Waals surface area contributed by atoms with Crippen molar-refractivity contribution in [2.24, 2.45) is 0 Å². The number of nitrogens with zero attached hydrogens (tertiary/aromatic N) is 3. The molecule has 8 rings (SSSR count). The van der Waals surface area contributed by atoms with Gasteiger partial charge in [0.2, 0.25) is 29.5 Å². The Labute approximate surface area is 377 Å². The highest BCUT2D eigenvalue weighted by atomic mass is 16.6. The van der Waals surface area contributed by atoms with Gasteiger partial charge in [-0.05, 0) is 73.9 Å². The number of aliphatic hydroxyl groups is 1. The summed E-state index contributed by atoms with van der Waals surface area (Å²) in [6.07, 6.45) is 6.35. The Balaban J connectivity index is 0.853. The van der Waals surface area contributed by atoms with Crippen LogP contribution in [0.3, 0.4) is 0 Å². The van der Waals surface area contributed by atoms with E-state index in [-0.39, 0.29) is 73.5 Å². The average molecular weight is 901 g/mol. The molecule has 0 spiro atoms. The molecule has 5 heterocycles. The number of amides is 7. The van der Waals surface area contributed by atoms with E-state index in [1.165, 1.54) is 19.1 Å². The molecule has 19 nitrogen and oxygen atoms in total. The zero-order valence-corrected chi connectivity index (χ0v) is 36.1. The van der Waals surface area contributed by atoms with Crippen LogP contribution in [0.15, 0.2) is 65.5 Å². The molecule has 4 aromatic rings. The molecule has 342 valence electrons. The zero-order chi connectivity index (χ0) is 46.7. The maximum absolute atomic E-state index is 13.7. The molecule has 1 aliphatic carbocycles. The van der Waals surface area contributed by atoms with Gasteiger partial charge in [0, 0.05) is 53.7 Å². The molecule has 0 radical (unpaired) electrons. The number of carbonyl (C=O) groups excluding carboxylic acids is 8. The van der Waals surface area contributed by atoms with Crippen molar-refractivity contribution in [3.63, 3.8) is 0 Å². The molecule has 4 aliphatic rings. The summed E-state index contributed by atoms with van der Waals surface area (Å²) in [4.78, 5) is 120. The number of nitrogens with one attached hydrogen (secondary N) is 5. The molecule has 0 saturated carbocycles. The van der Waals surface area contributed by atoms with Crippen LogP contribution in [0.25, 0.3) is 22.3 Å². The number of benzene rings is 2. The highest BCUT2D eigenvalue weighted by Crippen LogP contribution is 2.43. The van der Waals surface area contributed by atoms with Crippen LogP contribution in [-0.2, 0) is 81.1 Å². The van der Waals surface area contributed by atoms with Crippen LogP contribution in [-0.4, -0.2) is 99.1 Å². The number of unbranched alkanes of at least 4 members (excludes halogenated alkanes) is 2. The average Bonchev–Trinajstić information content (AvgIpc) is 3.84. The van der Waals surface area contributed by atoms with Gasteiger partial charge < -0.3 is 41.0 Å². The van der Waals surface area contributed by atoms with E-state index >= 15 is 0 Å². The Bertz CT molecular complexity index is 2780. The number of rotatable bonds is 17. The summed E-state index contributed by atoms with van der Waals surface area (Å²) in [7, 11) is 0. The van der Waals surface area contributed by atoms with E-state index in [9.17, 15) is 48.3 Å².